The van der Waals surface area contributed by atoms with Crippen molar-refractivity contribution in [3.63, 3.8) is 0 Å². The average molecular weight is 612 g/mol. The van der Waals surface area contributed by atoms with Crippen molar-refractivity contribution in [1.82, 2.24) is 20.1 Å². The summed E-state index contributed by atoms with van der Waals surface area (Å²) in [6, 6.07) is 8.35. The van der Waals surface area contributed by atoms with E-state index in [1.165, 1.54) is 11.0 Å². The first-order valence-electron chi connectivity index (χ1n) is 15.1. The standard InChI is InChI=1S/C32H36F3N5O4/c1-30(5-4-6-30)36-14-19-7-25-26(27(8-19)32(33,34)35)15-40(28(25)41)21-9-20(10-22(11-21)44-24-16-43-17-24)31(12-23(13-31)42-3)29-38-37-18-39(29)2/h7-11,18,23-24,36H,4-6,12-17H2,1-3H3. The van der Waals surface area contributed by atoms with Gasteiger partial charge < -0.3 is 29.0 Å². The van der Waals surface area contributed by atoms with Crippen molar-refractivity contribution in [2.45, 2.75) is 81.5 Å². The zero-order chi connectivity index (χ0) is 30.9. The molecule has 2 aliphatic carbocycles. The fourth-order valence-electron chi connectivity index (χ4n) is 6.94. The molecule has 0 radical (unpaired) electrons. The smallest absolute Gasteiger partial charge is 0.416 e. The maximum absolute atomic E-state index is 14.4. The molecule has 7 rings (SSSR count). The predicted octanol–water partition coefficient (Wildman–Crippen LogP) is 4.90. The van der Waals surface area contributed by atoms with Gasteiger partial charge in [0.1, 0.15) is 24.0 Å². The largest absolute Gasteiger partial charge is 0.486 e. The Morgan fingerprint density at radius 2 is 1.89 bits per heavy atom. The van der Waals surface area contributed by atoms with E-state index in [4.69, 9.17) is 14.2 Å². The van der Waals surface area contributed by atoms with Crippen molar-refractivity contribution in [3.05, 3.63) is 70.3 Å². The lowest BCUT2D eigenvalue weighted by atomic mass is 9.62. The third kappa shape index (κ3) is 4.96. The molecular weight excluding hydrogens is 575 g/mol. The Labute approximate surface area is 253 Å². The Hall–Kier alpha value is -3.48. The molecular formula is C32H36F3N5O4. The van der Waals surface area contributed by atoms with E-state index in [2.05, 4.69) is 22.4 Å². The summed E-state index contributed by atoms with van der Waals surface area (Å²) in [7, 11) is 3.54. The Kier molecular flexibility index (Phi) is 7.02. The van der Waals surface area contributed by atoms with Gasteiger partial charge in [-0.1, -0.05) is 0 Å². The van der Waals surface area contributed by atoms with Gasteiger partial charge in [0.15, 0.2) is 0 Å². The van der Waals surface area contributed by atoms with E-state index in [9.17, 15) is 18.0 Å². The van der Waals surface area contributed by atoms with Gasteiger partial charge in [-0.05, 0) is 80.0 Å². The molecule has 1 N–H and O–H groups in total. The van der Waals surface area contributed by atoms with Crippen LogP contribution in [0.15, 0.2) is 36.7 Å². The fraction of sp³-hybridized carbons (Fsp3) is 0.531. The molecule has 2 aliphatic heterocycles. The minimum atomic E-state index is -4.60. The number of benzene rings is 2. The number of fused-ring (bicyclic) bond motifs is 1. The summed E-state index contributed by atoms with van der Waals surface area (Å²) >= 11 is 0. The Morgan fingerprint density at radius 1 is 1.11 bits per heavy atom. The number of alkyl halides is 3. The van der Waals surface area contributed by atoms with Crippen molar-refractivity contribution in [2.24, 2.45) is 7.05 Å². The molecule has 1 saturated heterocycles. The van der Waals surface area contributed by atoms with Gasteiger partial charge in [-0.25, -0.2) is 0 Å². The van der Waals surface area contributed by atoms with E-state index in [1.807, 2.05) is 23.7 Å². The van der Waals surface area contributed by atoms with Gasteiger partial charge in [0.05, 0.1) is 36.8 Å². The van der Waals surface area contributed by atoms with Crippen LogP contribution in [0.4, 0.5) is 18.9 Å². The Bertz CT molecular complexity index is 1590. The quantitative estimate of drug-likeness (QED) is 0.368. The van der Waals surface area contributed by atoms with Crippen molar-refractivity contribution in [1.29, 1.82) is 0 Å². The zero-order valence-electron chi connectivity index (χ0n) is 25.0. The van der Waals surface area contributed by atoms with Crippen molar-refractivity contribution in [2.75, 3.05) is 25.2 Å². The second-order valence-electron chi connectivity index (χ2n) is 12.9. The van der Waals surface area contributed by atoms with Crippen LogP contribution in [0.3, 0.4) is 0 Å². The normalized spacial score (nSPS) is 24.5. The average Bonchev–Trinajstić information content (AvgIpc) is 3.50. The van der Waals surface area contributed by atoms with Gasteiger partial charge in [-0.15, -0.1) is 10.2 Å². The lowest BCUT2D eigenvalue weighted by molar-refractivity contribution is -0.138. The van der Waals surface area contributed by atoms with E-state index in [-0.39, 0.29) is 42.0 Å². The highest BCUT2D eigenvalue weighted by Crippen LogP contribution is 2.51. The highest BCUT2D eigenvalue weighted by Gasteiger charge is 2.51. The van der Waals surface area contributed by atoms with Gasteiger partial charge in [-0.3, -0.25) is 4.79 Å². The molecule has 2 saturated carbocycles. The van der Waals surface area contributed by atoms with Crippen molar-refractivity contribution >= 4 is 11.6 Å². The van der Waals surface area contributed by atoms with E-state index in [0.29, 0.717) is 43.1 Å². The molecule has 12 heteroatoms. The number of carbonyl (C=O) groups excluding carboxylic acids is 1. The highest BCUT2D eigenvalue weighted by atomic mass is 19.4. The maximum Gasteiger partial charge on any atom is 0.416 e. The molecule has 4 aliphatic rings. The number of carbonyl (C=O) groups is 1. The third-order valence-corrected chi connectivity index (χ3v) is 9.87. The molecule has 0 atom stereocenters. The van der Waals surface area contributed by atoms with E-state index in [0.717, 1.165) is 30.7 Å². The van der Waals surface area contributed by atoms with Crippen LogP contribution < -0.4 is 15.0 Å². The lowest BCUT2D eigenvalue weighted by Crippen LogP contribution is -2.48. The second-order valence-corrected chi connectivity index (χ2v) is 12.9. The number of hydrogen-bond donors (Lipinski definition) is 1. The number of methoxy groups -OCH3 is 1. The molecule has 3 fully saturated rings. The van der Waals surface area contributed by atoms with Gasteiger partial charge in [-0.2, -0.15) is 13.2 Å². The first-order valence-corrected chi connectivity index (χ1v) is 15.1. The van der Waals surface area contributed by atoms with Crippen LogP contribution in [0.2, 0.25) is 0 Å². The van der Waals surface area contributed by atoms with E-state index in [1.54, 1.807) is 25.6 Å². The lowest BCUT2D eigenvalue weighted by Gasteiger charge is -2.46. The molecule has 44 heavy (non-hydrogen) atoms. The number of ether oxygens (including phenoxy) is 3. The molecule has 3 aromatic rings. The first-order chi connectivity index (χ1) is 21.0. The minimum Gasteiger partial charge on any atom is -0.486 e. The molecule has 1 aromatic heterocycles. The molecule has 9 nitrogen and oxygen atoms in total. The maximum atomic E-state index is 14.4. The number of hydrogen-bond acceptors (Lipinski definition) is 7. The number of rotatable bonds is 9. The van der Waals surface area contributed by atoms with E-state index >= 15 is 0 Å². The summed E-state index contributed by atoms with van der Waals surface area (Å²) in [6.07, 6.45) is 1.21. The number of nitrogens with zero attached hydrogens (tertiary/aromatic N) is 4. The van der Waals surface area contributed by atoms with Crippen LogP contribution in [0.1, 0.15) is 77.5 Å². The van der Waals surface area contributed by atoms with Crippen LogP contribution in [-0.4, -0.2) is 58.7 Å². The molecule has 234 valence electrons. The molecule has 1 amide bonds. The fourth-order valence-corrected chi connectivity index (χ4v) is 6.94. The highest BCUT2D eigenvalue weighted by molar-refractivity contribution is 6.10. The van der Waals surface area contributed by atoms with Crippen LogP contribution in [0, 0.1) is 0 Å². The Morgan fingerprint density at radius 3 is 2.48 bits per heavy atom. The summed E-state index contributed by atoms with van der Waals surface area (Å²) < 4.78 is 62.3. The number of anilines is 1. The van der Waals surface area contributed by atoms with Crippen molar-refractivity contribution in [3.8, 4) is 5.75 Å². The van der Waals surface area contributed by atoms with Gasteiger partial charge in [0.2, 0.25) is 0 Å². The molecule has 2 aromatic carbocycles. The first kappa shape index (κ1) is 29.2. The Balaban J connectivity index is 1.28. The molecule has 0 spiro atoms. The zero-order valence-corrected chi connectivity index (χ0v) is 25.0. The topological polar surface area (TPSA) is 90.7 Å². The monoisotopic (exact) mass is 611 g/mol. The molecule has 0 bridgehead atoms. The molecule has 3 heterocycles. The van der Waals surface area contributed by atoms with Crippen LogP contribution in [0.5, 0.6) is 5.75 Å². The summed E-state index contributed by atoms with van der Waals surface area (Å²) in [5.74, 6) is 0.800. The summed E-state index contributed by atoms with van der Waals surface area (Å²) in [6.45, 7) is 3.03. The van der Waals surface area contributed by atoms with Crippen LogP contribution >= 0.6 is 0 Å². The van der Waals surface area contributed by atoms with Gasteiger partial charge >= 0.3 is 6.18 Å². The summed E-state index contributed by atoms with van der Waals surface area (Å²) in [5.41, 5.74) is 0.414. The van der Waals surface area contributed by atoms with Crippen molar-refractivity contribution < 1.29 is 32.2 Å². The SMILES string of the molecule is COC1CC(c2cc(OC3COC3)cc(N3Cc4c(cc(CNC5(C)CCC5)cc4C(F)(F)F)C3=O)c2)(c2nncn2C)C1. The minimum absolute atomic E-state index is 0.000925. The summed E-state index contributed by atoms with van der Waals surface area (Å²) in [4.78, 5) is 15.4. The predicted molar refractivity (Wildman–Crippen MR) is 155 cm³/mol. The number of halogens is 3. The van der Waals surface area contributed by atoms with E-state index < -0.39 is 23.1 Å². The summed E-state index contributed by atoms with van der Waals surface area (Å²) in [5, 5.41) is 11.9. The second kappa shape index (κ2) is 10.6. The number of nitrogens with one attached hydrogen (secondary N) is 1. The van der Waals surface area contributed by atoms with Crippen LogP contribution in [-0.2, 0) is 41.2 Å². The van der Waals surface area contributed by atoms with Crippen LogP contribution in [0.25, 0.3) is 0 Å². The molecule has 0 unspecified atom stereocenters. The van der Waals surface area contributed by atoms with Gasteiger partial charge in [0, 0.05) is 43.6 Å². The number of aromatic nitrogens is 3. The number of amides is 1. The van der Waals surface area contributed by atoms with Gasteiger partial charge in [0.25, 0.3) is 5.91 Å². The third-order valence-electron chi connectivity index (χ3n) is 9.87. The number of aryl methyl sites for hydroxylation is 1.